The predicted octanol–water partition coefficient (Wildman–Crippen LogP) is 1.05. The molecule has 4 rings (SSSR count). The summed E-state index contributed by atoms with van der Waals surface area (Å²) in [5, 5.41) is 5.33. The highest BCUT2D eigenvalue weighted by molar-refractivity contribution is 6.06. The molecule has 29 heavy (non-hydrogen) atoms. The molecule has 3 aliphatic rings. The van der Waals surface area contributed by atoms with E-state index in [1.165, 1.54) is 0 Å². The van der Waals surface area contributed by atoms with E-state index in [1.807, 2.05) is 13.8 Å². The van der Waals surface area contributed by atoms with Crippen LogP contribution in [0, 0.1) is 17.5 Å². The van der Waals surface area contributed by atoms with Gasteiger partial charge in [0.2, 0.25) is 11.8 Å². The third-order valence-electron chi connectivity index (χ3n) is 5.88. The molecule has 0 bridgehead atoms. The number of amides is 3. The zero-order valence-electron chi connectivity index (χ0n) is 16.0. The summed E-state index contributed by atoms with van der Waals surface area (Å²) in [6, 6.07) is -1.44. The number of piperidine rings is 1. The first-order valence-corrected chi connectivity index (χ1v) is 9.55. The largest absolute Gasteiger partial charge is 0.361 e. The Bertz CT molecular complexity index is 913. The van der Waals surface area contributed by atoms with E-state index in [1.54, 1.807) is 4.90 Å². The minimum atomic E-state index is -1.70. The van der Waals surface area contributed by atoms with Crippen molar-refractivity contribution in [1.29, 1.82) is 0 Å². The van der Waals surface area contributed by atoms with Gasteiger partial charge in [-0.2, -0.15) is 0 Å². The Hall–Kier alpha value is -2.62. The number of piperazine rings is 1. The summed E-state index contributed by atoms with van der Waals surface area (Å²) < 4.78 is 44.0. The smallest absolute Gasteiger partial charge is 0.258 e. The quantitative estimate of drug-likeness (QED) is 0.563. The zero-order chi connectivity index (χ0) is 21.0. The lowest BCUT2D eigenvalue weighted by molar-refractivity contribution is -0.136. The average Bonchev–Trinajstić information content (AvgIpc) is 2.99. The molecule has 1 aromatic rings. The lowest BCUT2D eigenvalue weighted by Gasteiger charge is -2.42. The van der Waals surface area contributed by atoms with Crippen molar-refractivity contribution in [3.63, 3.8) is 0 Å². The van der Waals surface area contributed by atoms with Crippen molar-refractivity contribution >= 4 is 23.4 Å². The number of nitrogens with zero attached hydrogens (tertiary/aromatic N) is 2. The number of imide groups is 1. The molecule has 3 amide bonds. The number of fused-ring (bicyclic) bond motifs is 1. The number of rotatable bonds is 2. The maximum atomic E-state index is 14.9. The van der Waals surface area contributed by atoms with Gasteiger partial charge in [-0.25, -0.2) is 13.2 Å². The molecule has 3 atom stereocenters. The van der Waals surface area contributed by atoms with Gasteiger partial charge in [0.1, 0.15) is 6.04 Å². The number of carbonyl (C=O) groups excluding carboxylic acids is 3. The van der Waals surface area contributed by atoms with Crippen molar-refractivity contribution in [2.75, 3.05) is 18.0 Å². The van der Waals surface area contributed by atoms with Crippen molar-refractivity contribution in [1.82, 2.24) is 15.5 Å². The summed E-state index contributed by atoms with van der Waals surface area (Å²) >= 11 is 0. The molecule has 3 aliphatic heterocycles. The van der Waals surface area contributed by atoms with Crippen LogP contribution in [0.2, 0.25) is 0 Å². The molecule has 10 heteroatoms. The van der Waals surface area contributed by atoms with Crippen LogP contribution in [0.5, 0.6) is 0 Å². The molecule has 0 aliphatic carbocycles. The van der Waals surface area contributed by atoms with Crippen LogP contribution in [0.4, 0.5) is 18.9 Å². The van der Waals surface area contributed by atoms with Crippen LogP contribution in [-0.4, -0.2) is 53.8 Å². The normalized spacial score (nSPS) is 27.3. The van der Waals surface area contributed by atoms with Gasteiger partial charge in [-0.1, -0.05) is 0 Å². The molecule has 7 nitrogen and oxygen atoms in total. The van der Waals surface area contributed by atoms with Gasteiger partial charge in [-0.3, -0.25) is 19.7 Å². The Balaban J connectivity index is 1.81. The Labute approximate surface area is 165 Å². The zero-order valence-corrected chi connectivity index (χ0v) is 16.0. The van der Waals surface area contributed by atoms with Crippen LogP contribution in [0.15, 0.2) is 0 Å². The first-order valence-electron chi connectivity index (χ1n) is 9.55. The monoisotopic (exact) mass is 410 g/mol. The maximum Gasteiger partial charge on any atom is 0.258 e. The van der Waals surface area contributed by atoms with Gasteiger partial charge in [0, 0.05) is 43.7 Å². The number of nitrogens with one attached hydrogen (secondary N) is 2. The predicted molar refractivity (Wildman–Crippen MR) is 96.6 cm³/mol. The van der Waals surface area contributed by atoms with E-state index in [2.05, 4.69) is 10.6 Å². The van der Waals surface area contributed by atoms with E-state index in [9.17, 15) is 27.6 Å². The van der Waals surface area contributed by atoms with Crippen molar-refractivity contribution in [3.05, 3.63) is 28.6 Å². The first kappa shape index (κ1) is 19.7. The van der Waals surface area contributed by atoms with Gasteiger partial charge in [0.15, 0.2) is 17.5 Å². The second kappa shape index (κ2) is 7.01. The Morgan fingerprint density at radius 2 is 1.62 bits per heavy atom. The third kappa shape index (κ3) is 2.97. The van der Waals surface area contributed by atoms with Crippen LogP contribution in [0.1, 0.15) is 42.6 Å². The van der Waals surface area contributed by atoms with Gasteiger partial charge in [0.05, 0.1) is 11.3 Å². The summed E-state index contributed by atoms with van der Waals surface area (Å²) in [7, 11) is 0. The summed E-state index contributed by atoms with van der Waals surface area (Å²) in [5.74, 6) is -6.58. The highest BCUT2D eigenvalue weighted by atomic mass is 19.2. The Kier molecular flexibility index (Phi) is 4.76. The average molecular weight is 410 g/mol. The molecule has 2 N–H and O–H groups in total. The van der Waals surface area contributed by atoms with Crippen LogP contribution >= 0.6 is 0 Å². The van der Waals surface area contributed by atoms with Crippen molar-refractivity contribution in [2.24, 2.45) is 0 Å². The van der Waals surface area contributed by atoms with E-state index in [-0.39, 0.29) is 42.7 Å². The molecule has 2 fully saturated rings. The van der Waals surface area contributed by atoms with E-state index < -0.39 is 46.8 Å². The van der Waals surface area contributed by atoms with Gasteiger partial charge >= 0.3 is 0 Å². The topological polar surface area (TPSA) is 81.8 Å². The molecule has 3 unspecified atom stereocenters. The molecule has 156 valence electrons. The van der Waals surface area contributed by atoms with Crippen molar-refractivity contribution in [3.8, 4) is 0 Å². The van der Waals surface area contributed by atoms with Gasteiger partial charge in [-0.15, -0.1) is 0 Å². The number of hydrogen-bond acceptors (Lipinski definition) is 5. The van der Waals surface area contributed by atoms with E-state index in [0.29, 0.717) is 13.1 Å². The molecule has 0 radical (unpaired) electrons. The second-order valence-corrected chi connectivity index (χ2v) is 7.81. The van der Waals surface area contributed by atoms with E-state index in [0.717, 1.165) is 4.90 Å². The lowest BCUT2D eigenvalue weighted by Crippen LogP contribution is -2.56. The minimum Gasteiger partial charge on any atom is -0.361 e. The molecule has 0 aromatic heterocycles. The first-order chi connectivity index (χ1) is 13.7. The standard InChI is InChI=1S/C19H21F3N4O3/c1-8-5-23-6-9(2)26(8)17-10-7-25(11-3-4-12(27)24-18(11)28)19(29)13(10)14(20)15(21)16(17)22/h8-9,11,23H,3-7H2,1-2H3,(H,24,27,28). The van der Waals surface area contributed by atoms with Gasteiger partial charge in [-0.05, 0) is 20.3 Å². The number of benzene rings is 1. The molecule has 0 spiro atoms. The Morgan fingerprint density at radius 3 is 2.24 bits per heavy atom. The molecular formula is C19H21F3N4O3. The fourth-order valence-corrected chi connectivity index (χ4v) is 4.53. The fourth-order valence-electron chi connectivity index (χ4n) is 4.53. The summed E-state index contributed by atoms with van der Waals surface area (Å²) in [5.41, 5.74) is -0.637. The van der Waals surface area contributed by atoms with Crippen LogP contribution in [-0.2, 0) is 16.1 Å². The molecule has 2 saturated heterocycles. The third-order valence-corrected chi connectivity index (χ3v) is 5.88. The van der Waals surface area contributed by atoms with Crippen LogP contribution in [0.25, 0.3) is 0 Å². The van der Waals surface area contributed by atoms with E-state index >= 15 is 0 Å². The summed E-state index contributed by atoms with van der Waals surface area (Å²) in [6.07, 6.45) is 0.104. The summed E-state index contributed by atoms with van der Waals surface area (Å²) in [6.45, 7) is 4.45. The Morgan fingerprint density at radius 1 is 0.966 bits per heavy atom. The fraction of sp³-hybridized carbons (Fsp3) is 0.526. The highest BCUT2D eigenvalue weighted by Gasteiger charge is 2.45. The van der Waals surface area contributed by atoms with Crippen molar-refractivity contribution < 1.29 is 27.6 Å². The summed E-state index contributed by atoms with van der Waals surface area (Å²) in [4.78, 5) is 39.3. The number of hydrogen-bond donors (Lipinski definition) is 2. The SMILES string of the molecule is CC1CNCC(C)N1c1c(F)c(F)c(F)c2c1CN(C1CCC(=O)NC1=O)C2=O. The van der Waals surface area contributed by atoms with Crippen LogP contribution < -0.4 is 15.5 Å². The molecule has 3 heterocycles. The molecule has 0 saturated carbocycles. The van der Waals surface area contributed by atoms with Crippen molar-refractivity contribution in [2.45, 2.75) is 51.4 Å². The van der Waals surface area contributed by atoms with E-state index in [4.69, 9.17) is 0 Å². The van der Waals surface area contributed by atoms with Crippen LogP contribution in [0.3, 0.4) is 0 Å². The van der Waals surface area contributed by atoms with Gasteiger partial charge < -0.3 is 15.1 Å². The lowest BCUT2D eigenvalue weighted by atomic mass is 10.0. The maximum absolute atomic E-state index is 14.9. The molecular weight excluding hydrogens is 389 g/mol. The van der Waals surface area contributed by atoms with Gasteiger partial charge in [0.25, 0.3) is 5.91 Å². The number of halogens is 3. The molecule has 1 aromatic carbocycles. The minimum absolute atomic E-state index is 0.0282. The number of anilines is 1. The highest BCUT2D eigenvalue weighted by Crippen LogP contribution is 2.40. The number of carbonyl (C=O) groups is 3. The second-order valence-electron chi connectivity index (χ2n) is 7.81.